The van der Waals surface area contributed by atoms with Gasteiger partial charge in [-0.15, -0.1) is 0 Å². The van der Waals surface area contributed by atoms with Crippen molar-refractivity contribution in [2.45, 2.75) is 6.04 Å². The van der Waals surface area contributed by atoms with Gasteiger partial charge in [0, 0.05) is 18.3 Å². The molecule has 0 spiro atoms. The first-order valence-electron chi connectivity index (χ1n) is 5.47. The van der Waals surface area contributed by atoms with Gasteiger partial charge in [0.15, 0.2) is 0 Å². The van der Waals surface area contributed by atoms with Gasteiger partial charge in [0.2, 0.25) is 0 Å². The molecule has 2 aromatic rings. The van der Waals surface area contributed by atoms with Crippen LogP contribution in [0.2, 0.25) is 0 Å². The Morgan fingerprint density at radius 3 is 3.00 bits per heavy atom. The van der Waals surface area contributed by atoms with Gasteiger partial charge in [-0.1, -0.05) is 12.1 Å². The zero-order valence-electron chi connectivity index (χ0n) is 9.67. The van der Waals surface area contributed by atoms with Crippen LogP contribution in [0.4, 0.5) is 5.69 Å². The molecule has 1 amide bonds. The standard InChI is InChI=1S/C12H14N4O2/c13-7-10(14)8-2-1-3-9(6-8)16-11(17)12-15-4-5-18-12/h1-6,10H,7,13-14H2,(H,16,17). The number of carbonyl (C=O) groups is 1. The Kier molecular flexibility index (Phi) is 3.71. The minimum atomic E-state index is -0.404. The quantitative estimate of drug-likeness (QED) is 0.742. The van der Waals surface area contributed by atoms with Gasteiger partial charge in [0.1, 0.15) is 6.26 Å². The van der Waals surface area contributed by atoms with E-state index in [2.05, 4.69) is 10.3 Å². The topological polar surface area (TPSA) is 107 Å². The fraction of sp³-hybridized carbons (Fsp3) is 0.167. The van der Waals surface area contributed by atoms with E-state index >= 15 is 0 Å². The highest BCUT2D eigenvalue weighted by Gasteiger charge is 2.11. The maximum Gasteiger partial charge on any atom is 0.311 e. The van der Waals surface area contributed by atoms with Crippen molar-refractivity contribution in [3.8, 4) is 0 Å². The number of carbonyl (C=O) groups excluding carboxylic acids is 1. The predicted molar refractivity (Wildman–Crippen MR) is 66.9 cm³/mol. The molecule has 0 saturated heterocycles. The Morgan fingerprint density at radius 2 is 2.33 bits per heavy atom. The van der Waals surface area contributed by atoms with E-state index in [-0.39, 0.29) is 11.9 Å². The number of hydrogen-bond donors (Lipinski definition) is 3. The van der Waals surface area contributed by atoms with Crippen molar-refractivity contribution in [3.63, 3.8) is 0 Å². The Hall–Kier alpha value is -2.18. The van der Waals surface area contributed by atoms with E-state index < -0.39 is 5.91 Å². The van der Waals surface area contributed by atoms with Crippen LogP contribution in [-0.2, 0) is 0 Å². The maximum atomic E-state index is 11.7. The zero-order valence-corrected chi connectivity index (χ0v) is 9.67. The van der Waals surface area contributed by atoms with Crippen molar-refractivity contribution in [2.24, 2.45) is 11.5 Å². The highest BCUT2D eigenvalue weighted by atomic mass is 16.3. The van der Waals surface area contributed by atoms with Crippen LogP contribution in [0.15, 0.2) is 41.1 Å². The van der Waals surface area contributed by atoms with Crippen LogP contribution in [0.1, 0.15) is 22.3 Å². The molecule has 1 atom stereocenters. The summed E-state index contributed by atoms with van der Waals surface area (Å²) in [5.74, 6) is -0.387. The summed E-state index contributed by atoms with van der Waals surface area (Å²) >= 11 is 0. The summed E-state index contributed by atoms with van der Waals surface area (Å²) < 4.78 is 4.90. The molecule has 0 fully saturated rings. The average molecular weight is 246 g/mol. The number of aromatic nitrogens is 1. The number of nitrogens with zero attached hydrogens (tertiary/aromatic N) is 1. The van der Waals surface area contributed by atoms with Gasteiger partial charge < -0.3 is 21.2 Å². The Morgan fingerprint density at radius 1 is 1.50 bits per heavy atom. The molecule has 5 N–H and O–H groups in total. The molecule has 0 aliphatic carbocycles. The number of oxazole rings is 1. The number of anilines is 1. The number of hydrogen-bond acceptors (Lipinski definition) is 5. The van der Waals surface area contributed by atoms with Crippen molar-refractivity contribution >= 4 is 11.6 Å². The molecule has 0 bridgehead atoms. The van der Waals surface area contributed by atoms with Gasteiger partial charge in [-0.25, -0.2) is 4.98 Å². The Labute approximate surface area is 104 Å². The number of nitrogens with one attached hydrogen (secondary N) is 1. The largest absolute Gasteiger partial charge is 0.441 e. The van der Waals surface area contributed by atoms with Crippen molar-refractivity contribution in [1.29, 1.82) is 0 Å². The van der Waals surface area contributed by atoms with Crippen LogP contribution < -0.4 is 16.8 Å². The van der Waals surface area contributed by atoms with Crippen molar-refractivity contribution in [3.05, 3.63) is 48.2 Å². The first-order chi connectivity index (χ1) is 8.70. The number of benzene rings is 1. The van der Waals surface area contributed by atoms with E-state index in [9.17, 15) is 4.79 Å². The third-order valence-electron chi connectivity index (χ3n) is 2.45. The first-order valence-corrected chi connectivity index (χ1v) is 5.47. The molecule has 94 valence electrons. The summed E-state index contributed by atoms with van der Waals surface area (Å²) in [4.78, 5) is 15.5. The summed E-state index contributed by atoms with van der Waals surface area (Å²) in [6, 6.07) is 6.95. The smallest absolute Gasteiger partial charge is 0.311 e. The molecule has 6 heteroatoms. The Balaban J connectivity index is 2.12. The van der Waals surface area contributed by atoms with Crippen LogP contribution in [0.25, 0.3) is 0 Å². The van der Waals surface area contributed by atoms with Crippen molar-refractivity contribution in [2.75, 3.05) is 11.9 Å². The van der Waals surface area contributed by atoms with Crippen LogP contribution in [0.3, 0.4) is 0 Å². The monoisotopic (exact) mass is 246 g/mol. The number of nitrogens with two attached hydrogens (primary N) is 2. The van der Waals surface area contributed by atoms with Gasteiger partial charge in [0.25, 0.3) is 5.89 Å². The third-order valence-corrected chi connectivity index (χ3v) is 2.45. The normalized spacial score (nSPS) is 12.1. The molecule has 18 heavy (non-hydrogen) atoms. The second kappa shape index (κ2) is 5.44. The summed E-state index contributed by atoms with van der Waals surface area (Å²) in [5.41, 5.74) is 12.8. The molecule has 2 rings (SSSR count). The summed E-state index contributed by atoms with van der Waals surface area (Å²) in [7, 11) is 0. The van der Waals surface area contributed by atoms with Gasteiger partial charge >= 0.3 is 5.91 Å². The number of rotatable bonds is 4. The average Bonchev–Trinajstić information content (AvgIpc) is 2.92. The lowest BCUT2D eigenvalue weighted by Gasteiger charge is -2.10. The number of amides is 1. The molecule has 0 aliphatic rings. The van der Waals surface area contributed by atoms with E-state index in [1.807, 2.05) is 6.07 Å². The maximum absolute atomic E-state index is 11.7. The summed E-state index contributed by atoms with van der Waals surface area (Å²) in [6.07, 6.45) is 2.76. The molecule has 0 aliphatic heterocycles. The molecular weight excluding hydrogens is 232 g/mol. The summed E-state index contributed by atoms with van der Waals surface area (Å²) in [6.45, 7) is 0.344. The fourth-order valence-electron chi connectivity index (χ4n) is 1.50. The van der Waals surface area contributed by atoms with Gasteiger partial charge in [0.05, 0.1) is 6.20 Å². The van der Waals surface area contributed by atoms with E-state index in [1.54, 1.807) is 18.2 Å². The molecule has 0 radical (unpaired) electrons. The minimum Gasteiger partial charge on any atom is -0.441 e. The van der Waals surface area contributed by atoms with Crippen LogP contribution in [0.5, 0.6) is 0 Å². The molecule has 1 unspecified atom stereocenters. The first kappa shape index (κ1) is 12.3. The van der Waals surface area contributed by atoms with Crippen LogP contribution in [-0.4, -0.2) is 17.4 Å². The second-order valence-corrected chi connectivity index (χ2v) is 3.76. The van der Waals surface area contributed by atoms with Crippen LogP contribution in [0, 0.1) is 0 Å². The van der Waals surface area contributed by atoms with E-state index in [1.165, 1.54) is 12.5 Å². The second-order valence-electron chi connectivity index (χ2n) is 3.76. The van der Waals surface area contributed by atoms with Crippen molar-refractivity contribution in [1.82, 2.24) is 4.98 Å². The predicted octanol–water partition coefficient (Wildman–Crippen LogP) is 0.885. The molecule has 0 saturated carbocycles. The highest BCUT2D eigenvalue weighted by molar-refractivity contribution is 6.00. The molecule has 1 aromatic heterocycles. The SMILES string of the molecule is NCC(N)c1cccc(NC(=O)c2ncco2)c1. The molecule has 1 heterocycles. The lowest BCUT2D eigenvalue weighted by atomic mass is 10.1. The van der Waals surface area contributed by atoms with Gasteiger partial charge in [-0.05, 0) is 17.7 Å². The van der Waals surface area contributed by atoms with E-state index in [4.69, 9.17) is 15.9 Å². The zero-order chi connectivity index (χ0) is 13.0. The molecular formula is C12H14N4O2. The fourth-order valence-corrected chi connectivity index (χ4v) is 1.50. The lowest BCUT2D eigenvalue weighted by molar-refractivity contribution is 0.0990. The van der Waals surface area contributed by atoms with E-state index in [0.29, 0.717) is 12.2 Å². The summed E-state index contributed by atoms with van der Waals surface area (Å²) in [5, 5.41) is 2.67. The molecule has 1 aromatic carbocycles. The highest BCUT2D eigenvalue weighted by Crippen LogP contribution is 2.16. The van der Waals surface area contributed by atoms with Gasteiger partial charge in [-0.3, -0.25) is 4.79 Å². The van der Waals surface area contributed by atoms with Gasteiger partial charge in [-0.2, -0.15) is 0 Å². The lowest BCUT2D eigenvalue weighted by Crippen LogP contribution is -2.21. The minimum absolute atomic E-state index is 0.0172. The van der Waals surface area contributed by atoms with Crippen molar-refractivity contribution < 1.29 is 9.21 Å². The van der Waals surface area contributed by atoms with Crippen LogP contribution >= 0.6 is 0 Å². The van der Waals surface area contributed by atoms with E-state index in [0.717, 1.165) is 5.56 Å². The molecule has 6 nitrogen and oxygen atoms in total. The Bertz CT molecular complexity index is 525. The third kappa shape index (κ3) is 2.73.